The fraction of sp³-hybridized carbons (Fsp3) is 0.579. The molecular weight excluding hydrogens is 336 g/mol. The predicted octanol–water partition coefficient (Wildman–Crippen LogP) is 0.643. The van der Waals surface area contributed by atoms with Crippen molar-refractivity contribution in [2.24, 2.45) is 5.92 Å². The summed E-state index contributed by atoms with van der Waals surface area (Å²) in [5.41, 5.74) is 0.701. The molecule has 0 aromatic heterocycles. The SMILES string of the molecule is CCOC(=O)C1CC[NH+]([C@@H](C)C(=O)Nc2ccc3c(c2)OCCO3)CC1. The van der Waals surface area contributed by atoms with Crippen LogP contribution in [0, 0.1) is 5.92 Å². The van der Waals surface area contributed by atoms with Crippen molar-refractivity contribution >= 4 is 17.6 Å². The highest BCUT2D eigenvalue weighted by molar-refractivity contribution is 5.94. The van der Waals surface area contributed by atoms with Crippen LogP contribution in [-0.4, -0.2) is 50.8 Å². The van der Waals surface area contributed by atoms with Crippen molar-refractivity contribution in [1.82, 2.24) is 0 Å². The number of likely N-dealkylation sites (tertiary alicyclic amines) is 1. The maximum absolute atomic E-state index is 12.6. The number of nitrogens with one attached hydrogen (secondary N) is 2. The number of anilines is 1. The van der Waals surface area contributed by atoms with Gasteiger partial charge in [-0.1, -0.05) is 0 Å². The summed E-state index contributed by atoms with van der Waals surface area (Å²) in [6, 6.07) is 5.24. The molecule has 1 fully saturated rings. The second-order valence-electron chi connectivity index (χ2n) is 6.75. The molecule has 3 rings (SSSR count). The number of amides is 1. The van der Waals surface area contributed by atoms with Crippen molar-refractivity contribution in [1.29, 1.82) is 0 Å². The lowest BCUT2D eigenvalue weighted by Crippen LogP contribution is -3.17. The van der Waals surface area contributed by atoms with Gasteiger partial charge in [0.1, 0.15) is 13.2 Å². The van der Waals surface area contributed by atoms with E-state index in [9.17, 15) is 9.59 Å². The van der Waals surface area contributed by atoms with Crippen molar-refractivity contribution in [2.45, 2.75) is 32.7 Å². The maximum atomic E-state index is 12.6. The van der Waals surface area contributed by atoms with Crippen LogP contribution in [0.1, 0.15) is 26.7 Å². The van der Waals surface area contributed by atoms with E-state index in [1.54, 1.807) is 6.07 Å². The van der Waals surface area contributed by atoms with Crippen molar-refractivity contribution in [3.8, 4) is 11.5 Å². The normalized spacial score (nSPS) is 23.0. The number of esters is 1. The molecule has 2 heterocycles. The smallest absolute Gasteiger partial charge is 0.309 e. The molecule has 1 aromatic rings. The standard InChI is InChI=1S/C19H26N2O5/c1-3-24-19(23)14-6-8-21(9-7-14)13(2)18(22)20-15-4-5-16-17(12-15)26-11-10-25-16/h4-5,12-14H,3,6-11H2,1-2H3,(H,20,22)/p+1/t13-/m0/s1. The molecule has 1 atom stereocenters. The summed E-state index contributed by atoms with van der Waals surface area (Å²) in [4.78, 5) is 25.6. The van der Waals surface area contributed by atoms with Crippen LogP contribution in [0.5, 0.6) is 11.5 Å². The number of ether oxygens (including phenoxy) is 3. The van der Waals surface area contributed by atoms with Crippen LogP contribution in [0.2, 0.25) is 0 Å². The Bertz CT molecular complexity index is 655. The summed E-state index contributed by atoms with van der Waals surface area (Å²) in [5.74, 6) is 1.18. The molecular formula is C19H27N2O5+. The lowest BCUT2D eigenvalue weighted by Gasteiger charge is -2.31. The number of quaternary nitrogens is 1. The van der Waals surface area contributed by atoms with E-state index in [0.717, 1.165) is 25.9 Å². The minimum absolute atomic E-state index is 0.0354. The Kier molecular flexibility index (Phi) is 5.98. The number of benzene rings is 1. The molecule has 2 aliphatic heterocycles. The first-order valence-corrected chi connectivity index (χ1v) is 9.30. The quantitative estimate of drug-likeness (QED) is 0.751. The van der Waals surface area contributed by atoms with Gasteiger partial charge in [-0.05, 0) is 26.0 Å². The van der Waals surface area contributed by atoms with Crippen LogP contribution in [0.4, 0.5) is 5.69 Å². The highest BCUT2D eigenvalue weighted by atomic mass is 16.6. The minimum Gasteiger partial charge on any atom is -0.486 e. The summed E-state index contributed by atoms with van der Waals surface area (Å²) >= 11 is 0. The van der Waals surface area contributed by atoms with Crippen molar-refractivity contribution < 1.29 is 28.7 Å². The van der Waals surface area contributed by atoms with E-state index >= 15 is 0 Å². The fourth-order valence-corrected chi connectivity index (χ4v) is 3.47. The van der Waals surface area contributed by atoms with Gasteiger partial charge in [0.2, 0.25) is 0 Å². The Hall–Kier alpha value is -2.28. The summed E-state index contributed by atoms with van der Waals surface area (Å²) in [7, 11) is 0. The number of hydrogen-bond acceptors (Lipinski definition) is 5. The minimum atomic E-state index is -0.189. The Balaban J connectivity index is 1.53. The largest absolute Gasteiger partial charge is 0.486 e. The van der Waals surface area contributed by atoms with Gasteiger partial charge in [0.25, 0.3) is 5.91 Å². The van der Waals surface area contributed by atoms with Crippen LogP contribution >= 0.6 is 0 Å². The van der Waals surface area contributed by atoms with E-state index in [1.807, 2.05) is 26.0 Å². The third kappa shape index (κ3) is 4.27. The molecule has 26 heavy (non-hydrogen) atoms. The molecule has 0 radical (unpaired) electrons. The first kappa shape index (κ1) is 18.5. The topological polar surface area (TPSA) is 78.3 Å². The molecule has 142 valence electrons. The number of piperidine rings is 1. The Labute approximate surface area is 153 Å². The second-order valence-corrected chi connectivity index (χ2v) is 6.75. The van der Waals surface area contributed by atoms with E-state index in [-0.39, 0.29) is 23.8 Å². The van der Waals surface area contributed by atoms with Gasteiger partial charge in [0.15, 0.2) is 17.5 Å². The third-order valence-electron chi connectivity index (χ3n) is 5.06. The molecule has 0 bridgehead atoms. The van der Waals surface area contributed by atoms with Gasteiger partial charge in [-0.2, -0.15) is 0 Å². The highest BCUT2D eigenvalue weighted by Gasteiger charge is 2.33. The van der Waals surface area contributed by atoms with Gasteiger partial charge >= 0.3 is 5.97 Å². The molecule has 7 heteroatoms. The molecule has 2 aliphatic rings. The van der Waals surface area contributed by atoms with Gasteiger partial charge in [0, 0.05) is 24.6 Å². The summed E-state index contributed by atoms with van der Waals surface area (Å²) < 4.78 is 16.1. The van der Waals surface area contributed by atoms with Crippen LogP contribution < -0.4 is 19.7 Å². The zero-order chi connectivity index (χ0) is 18.5. The first-order valence-electron chi connectivity index (χ1n) is 9.30. The second kappa shape index (κ2) is 8.40. The average molecular weight is 363 g/mol. The Morgan fingerprint density at radius 3 is 2.62 bits per heavy atom. The average Bonchev–Trinajstić information content (AvgIpc) is 2.67. The molecule has 0 aliphatic carbocycles. The van der Waals surface area contributed by atoms with Crippen LogP contribution in [0.3, 0.4) is 0 Å². The van der Waals surface area contributed by atoms with Crippen LogP contribution in [-0.2, 0) is 14.3 Å². The molecule has 0 saturated carbocycles. The molecule has 7 nitrogen and oxygen atoms in total. The summed E-state index contributed by atoms with van der Waals surface area (Å²) in [6.45, 7) is 6.80. The first-order chi connectivity index (χ1) is 12.6. The predicted molar refractivity (Wildman–Crippen MR) is 95.6 cm³/mol. The zero-order valence-corrected chi connectivity index (χ0v) is 15.4. The van der Waals surface area contributed by atoms with E-state index in [0.29, 0.717) is 37.0 Å². The van der Waals surface area contributed by atoms with Gasteiger partial charge in [0.05, 0.1) is 25.6 Å². The van der Waals surface area contributed by atoms with E-state index in [1.165, 1.54) is 4.90 Å². The molecule has 1 saturated heterocycles. The number of carbonyl (C=O) groups excluding carboxylic acids is 2. The van der Waals surface area contributed by atoms with Crippen LogP contribution in [0.25, 0.3) is 0 Å². The summed E-state index contributed by atoms with van der Waals surface area (Å²) in [6.07, 6.45) is 1.52. The molecule has 1 aromatic carbocycles. The van der Waals surface area contributed by atoms with Crippen molar-refractivity contribution in [3.05, 3.63) is 18.2 Å². The molecule has 0 unspecified atom stereocenters. The van der Waals surface area contributed by atoms with Crippen LogP contribution in [0.15, 0.2) is 18.2 Å². The van der Waals surface area contributed by atoms with Crippen molar-refractivity contribution in [3.63, 3.8) is 0 Å². The van der Waals surface area contributed by atoms with E-state index in [2.05, 4.69) is 5.32 Å². The van der Waals surface area contributed by atoms with E-state index in [4.69, 9.17) is 14.2 Å². The molecule has 2 N–H and O–H groups in total. The van der Waals surface area contributed by atoms with Crippen molar-refractivity contribution in [2.75, 3.05) is 38.2 Å². The van der Waals surface area contributed by atoms with E-state index < -0.39 is 0 Å². The third-order valence-corrected chi connectivity index (χ3v) is 5.06. The van der Waals surface area contributed by atoms with Gasteiger partial charge in [-0.25, -0.2) is 0 Å². The lowest BCUT2D eigenvalue weighted by molar-refractivity contribution is -0.919. The lowest BCUT2D eigenvalue weighted by atomic mass is 9.96. The Morgan fingerprint density at radius 2 is 1.92 bits per heavy atom. The number of fused-ring (bicyclic) bond motifs is 1. The monoisotopic (exact) mass is 363 g/mol. The fourth-order valence-electron chi connectivity index (χ4n) is 3.47. The molecule has 1 amide bonds. The van der Waals surface area contributed by atoms with Gasteiger partial charge in [-0.3, -0.25) is 9.59 Å². The maximum Gasteiger partial charge on any atom is 0.309 e. The number of rotatable bonds is 5. The number of hydrogen-bond donors (Lipinski definition) is 2. The Morgan fingerprint density at radius 1 is 1.23 bits per heavy atom. The molecule has 0 spiro atoms. The van der Waals surface area contributed by atoms with Gasteiger partial charge in [-0.15, -0.1) is 0 Å². The highest BCUT2D eigenvalue weighted by Crippen LogP contribution is 2.32. The van der Waals surface area contributed by atoms with Gasteiger partial charge < -0.3 is 24.4 Å². The zero-order valence-electron chi connectivity index (χ0n) is 15.4. The summed E-state index contributed by atoms with van der Waals surface area (Å²) in [5, 5.41) is 2.96. The number of carbonyl (C=O) groups is 2.